The summed E-state index contributed by atoms with van der Waals surface area (Å²) >= 11 is 3.40. The number of rotatable bonds is 1. The van der Waals surface area contributed by atoms with Gasteiger partial charge in [-0.3, -0.25) is 0 Å². The Morgan fingerprint density at radius 1 is 1.57 bits per heavy atom. The van der Waals surface area contributed by atoms with Crippen molar-refractivity contribution in [2.75, 3.05) is 6.54 Å². The van der Waals surface area contributed by atoms with Crippen molar-refractivity contribution in [1.29, 1.82) is 0 Å². The summed E-state index contributed by atoms with van der Waals surface area (Å²) in [5.41, 5.74) is 6.61. The molecule has 1 heterocycles. The van der Waals surface area contributed by atoms with E-state index in [0.29, 0.717) is 13.2 Å². The summed E-state index contributed by atoms with van der Waals surface area (Å²) in [4.78, 5) is 0. The molecule has 1 aromatic rings. The second kappa shape index (κ2) is 3.53. The zero-order valence-electron chi connectivity index (χ0n) is 7.92. The molecule has 1 aliphatic rings. The SMILES string of the molecule is CC1(CN)OCc2cc(Br)ccc2O1. The predicted molar refractivity (Wildman–Crippen MR) is 57.0 cm³/mol. The topological polar surface area (TPSA) is 44.5 Å². The molecule has 0 radical (unpaired) electrons. The van der Waals surface area contributed by atoms with E-state index in [0.717, 1.165) is 15.8 Å². The number of halogens is 1. The van der Waals surface area contributed by atoms with E-state index in [1.165, 1.54) is 0 Å². The molecule has 2 rings (SSSR count). The van der Waals surface area contributed by atoms with E-state index in [1.54, 1.807) is 0 Å². The Bertz CT molecular complexity index is 356. The molecule has 1 unspecified atom stereocenters. The fourth-order valence-corrected chi connectivity index (χ4v) is 1.76. The van der Waals surface area contributed by atoms with Gasteiger partial charge in [-0.2, -0.15) is 0 Å². The lowest BCUT2D eigenvalue weighted by Gasteiger charge is -2.34. The van der Waals surface area contributed by atoms with E-state index in [-0.39, 0.29) is 0 Å². The molecule has 76 valence electrons. The number of hydrogen-bond donors (Lipinski definition) is 1. The molecular weight excluding hydrogens is 246 g/mol. The van der Waals surface area contributed by atoms with Crippen LogP contribution in [-0.2, 0) is 11.3 Å². The van der Waals surface area contributed by atoms with Gasteiger partial charge in [-0.15, -0.1) is 0 Å². The van der Waals surface area contributed by atoms with E-state index in [4.69, 9.17) is 15.2 Å². The maximum Gasteiger partial charge on any atom is 0.220 e. The summed E-state index contributed by atoms with van der Waals surface area (Å²) in [6.45, 7) is 2.74. The number of fused-ring (bicyclic) bond motifs is 1. The van der Waals surface area contributed by atoms with Gasteiger partial charge in [0.2, 0.25) is 5.79 Å². The molecule has 4 heteroatoms. The molecular formula is C10H12BrNO2. The van der Waals surface area contributed by atoms with Gasteiger partial charge in [0.15, 0.2) is 0 Å². The standard InChI is InChI=1S/C10H12BrNO2/c1-10(6-12)13-5-7-4-8(11)2-3-9(7)14-10/h2-4H,5-6,12H2,1H3. The van der Waals surface area contributed by atoms with Crippen LogP contribution in [0, 0.1) is 0 Å². The highest BCUT2D eigenvalue weighted by Gasteiger charge is 2.30. The third-order valence-electron chi connectivity index (χ3n) is 2.25. The average molecular weight is 258 g/mol. The number of ether oxygens (including phenoxy) is 2. The molecule has 0 fully saturated rings. The fourth-order valence-electron chi connectivity index (χ4n) is 1.35. The van der Waals surface area contributed by atoms with Crippen LogP contribution >= 0.6 is 15.9 Å². The van der Waals surface area contributed by atoms with Crippen LogP contribution in [0.15, 0.2) is 22.7 Å². The minimum atomic E-state index is -0.680. The van der Waals surface area contributed by atoms with E-state index >= 15 is 0 Å². The van der Waals surface area contributed by atoms with E-state index in [2.05, 4.69) is 15.9 Å². The molecule has 0 aromatic heterocycles. The normalized spacial score (nSPS) is 25.4. The Labute approximate surface area is 91.3 Å². The van der Waals surface area contributed by atoms with Crippen molar-refractivity contribution in [3.05, 3.63) is 28.2 Å². The second-order valence-corrected chi connectivity index (χ2v) is 4.40. The van der Waals surface area contributed by atoms with Crippen molar-refractivity contribution in [1.82, 2.24) is 0 Å². The van der Waals surface area contributed by atoms with Crippen molar-refractivity contribution in [3.63, 3.8) is 0 Å². The Morgan fingerprint density at radius 3 is 3.07 bits per heavy atom. The van der Waals surface area contributed by atoms with Gasteiger partial charge in [0, 0.05) is 17.0 Å². The summed E-state index contributed by atoms with van der Waals surface area (Å²) in [6, 6.07) is 5.86. The van der Waals surface area contributed by atoms with Crippen LogP contribution in [0.2, 0.25) is 0 Å². The van der Waals surface area contributed by atoms with Gasteiger partial charge in [0.1, 0.15) is 5.75 Å². The van der Waals surface area contributed by atoms with Crippen molar-refractivity contribution >= 4 is 15.9 Å². The highest BCUT2D eigenvalue weighted by atomic mass is 79.9. The summed E-state index contributed by atoms with van der Waals surface area (Å²) in [6.07, 6.45) is 0. The number of benzene rings is 1. The highest BCUT2D eigenvalue weighted by Crippen LogP contribution is 2.32. The molecule has 0 saturated carbocycles. The van der Waals surface area contributed by atoms with Crippen LogP contribution in [0.25, 0.3) is 0 Å². The van der Waals surface area contributed by atoms with Crippen LogP contribution in [0.4, 0.5) is 0 Å². The second-order valence-electron chi connectivity index (χ2n) is 3.48. The van der Waals surface area contributed by atoms with Crippen LogP contribution in [0.3, 0.4) is 0 Å². The molecule has 1 aromatic carbocycles. The lowest BCUT2D eigenvalue weighted by molar-refractivity contribution is -0.185. The molecule has 0 bridgehead atoms. The largest absolute Gasteiger partial charge is 0.461 e. The van der Waals surface area contributed by atoms with Crippen molar-refractivity contribution in [3.8, 4) is 5.75 Å². The first-order valence-electron chi connectivity index (χ1n) is 4.44. The first kappa shape index (κ1) is 9.96. The van der Waals surface area contributed by atoms with Gasteiger partial charge in [-0.05, 0) is 18.2 Å². The zero-order chi connectivity index (χ0) is 10.2. The molecule has 0 aliphatic carbocycles. The third kappa shape index (κ3) is 1.78. The summed E-state index contributed by atoms with van der Waals surface area (Å²) in [5.74, 6) is 0.174. The van der Waals surface area contributed by atoms with Crippen LogP contribution in [0.5, 0.6) is 5.75 Å². The maximum absolute atomic E-state index is 5.66. The molecule has 0 amide bonds. The maximum atomic E-state index is 5.66. The van der Waals surface area contributed by atoms with Gasteiger partial charge < -0.3 is 15.2 Å². The smallest absolute Gasteiger partial charge is 0.220 e. The monoisotopic (exact) mass is 257 g/mol. The summed E-state index contributed by atoms with van der Waals surface area (Å²) in [7, 11) is 0. The molecule has 2 N–H and O–H groups in total. The minimum Gasteiger partial charge on any atom is -0.461 e. The van der Waals surface area contributed by atoms with Crippen LogP contribution in [0.1, 0.15) is 12.5 Å². The molecule has 14 heavy (non-hydrogen) atoms. The van der Waals surface area contributed by atoms with Gasteiger partial charge in [0.05, 0.1) is 13.2 Å². The van der Waals surface area contributed by atoms with E-state index in [1.807, 2.05) is 25.1 Å². The van der Waals surface area contributed by atoms with Gasteiger partial charge >= 0.3 is 0 Å². The predicted octanol–water partition coefficient (Wildman–Crippen LogP) is 2.03. The minimum absolute atomic E-state index is 0.350. The Morgan fingerprint density at radius 2 is 2.36 bits per heavy atom. The number of hydrogen-bond acceptors (Lipinski definition) is 3. The quantitative estimate of drug-likeness (QED) is 0.838. The first-order chi connectivity index (χ1) is 6.63. The highest BCUT2D eigenvalue weighted by molar-refractivity contribution is 9.10. The van der Waals surface area contributed by atoms with Gasteiger partial charge in [-0.25, -0.2) is 0 Å². The zero-order valence-corrected chi connectivity index (χ0v) is 9.50. The molecule has 0 saturated heterocycles. The lowest BCUT2D eigenvalue weighted by Crippen LogP contribution is -2.45. The molecule has 3 nitrogen and oxygen atoms in total. The first-order valence-corrected chi connectivity index (χ1v) is 5.24. The van der Waals surface area contributed by atoms with E-state index in [9.17, 15) is 0 Å². The molecule has 0 spiro atoms. The summed E-state index contributed by atoms with van der Waals surface area (Å²) < 4.78 is 12.2. The number of nitrogens with two attached hydrogens (primary N) is 1. The Balaban J connectivity index is 2.31. The molecule has 1 aliphatic heterocycles. The van der Waals surface area contributed by atoms with E-state index < -0.39 is 5.79 Å². The van der Waals surface area contributed by atoms with Crippen molar-refractivity contribution < 1.29 is 9.47 Å². The van der Waals surface area contributed by atoms with Crippen molar-refractivity contribution in [2.24, 2.45) is 5.73 Å². The Kier molecular flexibility index (Phi) is 2.51. The lowest BCUT2D eigenvalue weighted by atomic mass is 10.1. The summed E-state index contributed by atoms with van der Waals surface area (Å²) in [5, 5.41) is 0. The third-order valence-corrected chi connectivity index (χ3v) is 2.75. The van der Waals surface area contributed by atoms with Crippen molar-refractivity contribution in [2.45, 2.75) is 19.3 Å². The van der Waals surface area contributed by atoms with Gasteiger partial charge in [0.25, 0.3) is 0 Å². The average Bonchev–Trinajstić information content (AvgIpc) is 2.19. The van der Waals surface area contributed by atoms with Crippen LogP contribution in [-0.4, -0.2) is 12.3 Å². The molecule has 1 atom stereocenters. The van der Waals surface area contributed by atoms with Crippen LogP contribution < -0.4 is 10.5 Å². The van der Waals surface area contributed by atoms with Gasteiger partial charge in [-0.1, -0.05) is 15.9 Å². The Hall–Kier alpha value is -0.580. The fraction of sp³-hybridized carbons (Fsp3) is 0.400.